The fourth-order valence-electron chi connectivity index (χ4n) is 1.81. The maximum absolute atomic E-state index is 5.82. The molecule has 96 valence electrons. The van der Waals surface area contributed by atoms with Gasteiger partial charge in [-0.1, -0.05) is 6.92 Å². The van der Waals surface area contributed by atoms with Crippen LogP contribution in [0.4, 0.5) is 0 Å². The molecule has 1 atom stereocenters. The van der Waals surface area contributed by atoms with Gasteiger partial charge in [-0.3, -0.25) is 4.98 Å². The third kappa shape index (κ3) is 2.66. The number of hydrogen-bond donors (Lipinski definition) is 1. The molecule has 0 bridgehead atoms. The number of ether oxygens (including phenoxy) is 1. The summed E-state index contributed by atoms with van der Waals surface area (Å²) in [4.78, 5) is 4.36. The van der Waals surface area contributed by atoms with E-state index in [1.54, 1.807) is 19.4 Å². The molecule has 4 nitrogen and oxygen atoms in total. The molecule has 0 spiro atoms. The maximum atomic E-state index is 5.82. The Morgan fingerprint density at radius 1 is 1.44 bits per heavy atom. The minimum absolute atomic E-state index is 0.168. The Balaban J connectivity index is 2.41. The average Bonchev–Trinajstić information content (AvgIpc) is 2.82. The molecule has 2 rings (SSSR count). The highest BCUT2D eigenvalue weighted by Gasteiger charge is 2.21. The second-order valence-corrected chi connectivity index (χ2v) is 4.10. The number of halogens is 1. The van der Waals surface area contributed by atoms with Gasteiger partial charge in [0.05, 0.1) is 7.11 Å². The molecule has 18 heavy (non-hydrogen) atoms. The van der Waals surface area contributed by atoms with Gasteiger partial charge >= 0.3 is 0 Å². The second-order valence-electron chi connectivity index (χ2n) is 3.72. The summed E-state index contributed by atoms with van der Waals surface area (Å²) in [5.41, 5.74) is 0.785. The van der Waals surface area contributed by atoms with Crippen LogP contribution in [0, 0.1) is 0 Å². The quantitative estimate of drug-likeness (QED) is 0.904. The molecule has 0 fully saturated rings. The van der Waals surface area contributed by atoms with Gasteiger partial charge in [-0.25, -0.2) is 0 Å². The Kier molecular flexibility index (Phi) is 4.23. The van der Waals surface area contributed by atoms with Crippen LogP contribution in [0.5, 0.6) is 5.75 Å². The molecule has 0 aliphatic rings. The number of pyridine rings is 1. The Labute approximate surface area is 111 Å². The number of furan rings is 1. The smallest absolute Gasteiger partial charge is 0.193 e. The van der Waals surface area contributed by atoms with Crippen molar-refractivity contribution < 1.29 is 9.15 Å². The third-order valence-electron chi connectivity index (χ3n) is 2.58. The number of hydrogen-bond acceptors (Lipinski definition) is 4. The van der Waals surface area contributed by atoms with Gasteiger partial charge in [-0.05, 0) is 42.4 Å². The van der Waals surface area contributed by atoms with Gasteiger partial charge in [0.1, 0.15) is 23.2 Å². The molecule has 0 aliphatic heterocycles. The van der Waals surface area contributed by atoms with Crippen molar-refractivity contribution in [2.45, 2.75) is 13.0 Å². The fraction of sp³-hybridized carbons (Fsp3) is 0.308. The molecule has 1 unspecified atom stereocenters. The van der Waals surface area contributed by atoms with Crippen LogP contribution in [-0.2, 0) is 0 Å². The third-order valence-corrected chi connectivity index (χ3v) is 2.78. The van der Waals surface area contributed by atoms with Gasteiger partial charge in [0.25, 0.3) is 0 Å². The summed E-state index contributed by atoms with van der Waals surface area (Å²) in [6.07, 6.45) is 1.73. The second kappa shape index (κ2) is 5.89. The van der Waals surface area contributed by atoms with Crippen molar-refractivity contribution in [3.8, 4) is 5.75 Å². The van der Waals surface area contributed by atoms with Crippen molar-refractivity contribution in [3.05, 3.63) is 47.1 Å². The minimum atomic E-state index is -0.168. The lowest BCUT2D eigenvalue weighted by molar-refractivity contribution is 0.388. The first-order chi connectivity index (χ1) is 8.76. The van der Waals surface area contributed by atoms with Crippen LogP contribution in [0.15, 0.2) is 34.9 Å². The zero-order chi connectivity index (χ0) is 13.0. The molecule has 0 radical (unpaired) electrons. The van der Waals surface area contributed by atoms with E-state index in [4.69, 9.17) is 20.8 Å². The van der Waals surface area contributed by atoms with Crippen LogP contribution in [0.1, 0.15) is 24.4 Å². The number of aromatic nitrogens is 1. The molecule has 0 saturated heterocycles. The first-order valence-corrected chi connectivity index (χ1v) is 6.11. The summed E-state index contributed by atoms with van der Waals surface area (Å²) in [5.74, 6) is 1.44. The molecule has 2 heterocycles. The van der Waals surface area contributed by atoms with Gasteiger partial charge in [0.2, 0.25) is 0 Å². The molecule has 0 amide bonds. The summed E-state index contributed by atoms with van der Waals surface area (Å²) in [6, 6.07) is 7.09. The Bertz CT molecular complexity index is 513. The number of rotatable bonds is 5. The monoisotopic (exact) mass is 266 g/mol. The molecule has 1 N–H and O–H groups in total. The zero-order valence-corrected chi connectivity index (χ0v) is 11.1. The van der Waals surface area contributed by atoms with Gasteiger partial charge in [-0.15, -0.1) is 0 Å². The van der Waals surface area contributed by atoms with E-state index in [9.17, 15) is 0 Å². The summed E-state index contributed by atoms with van der Waals surface area (Å²) in [6.45, 7) is 2.80. The van der Waals surface area contributed by atoms with Crippen molar-refractivity contribution in [1.29, 1.82) is 0 Å². The number of nitrogens with one attached hydrogen (secondary N) is 1. The van der Waals surface area contributed by atoms with Crippen LogP contribution in [0.2, 0.25) is 5.22 Å². The van der Waals surface area contributed by atoms with Crippen molar-refractivity contribution in [1.82, 2.24) is 10.3 Å². The summed E-state index contributed by atoms with van der Waals surface area (Å²) in [7, 11) is 1.62. The highest BCUT2D eigenvalue weighted by Crippen LogP contribution is 2.29. The zero-order valence-electron chi connectivity index (χ0n) is 10.3. The molecule has 2 aromatic heterocycles. The lowest BCUT2D eigenvalue weighted by atomic mass is 10.1. The standard InChI is InChI=1S/C13H15ClN2O2/c1-3-15-13(10-6-7-11(14)18-10)12-9(17-2)5-4-8-16-12/h4-8,13,15H,3H2,1-2H3. The van der Waals surface area contributed by atoms with E-state index in [1.807, 2.05) is 25.1 Å². The summed E-state index contributed by atoms with van der Waals surface area (Å²) < 4.78 is 10.8. The lowest BCUT2D eigenvalue weighted by Gasteiger charge is -2.17. The molecular formula is C13H15ClN2O2. The average molecular weight is 267 g/mol. The van der Waals surface area contributed by atoms with Crippen molar-refractivity contribution in [2.24, 2.45) is 0 Å². The SMILES string of the molecule is CCNC(c1ccc(Cl)o1)c1ncccc1OC. The van der Waals surface area contributed by atoms with Crippen LogP contribution < -0.4 is 10.1 Å². The van der Waals surface area contributed by atoms with E-state index in [0.29, 0.717) is 5.22 Å². The highest BCUT2D eigenvalue weighted by atomic mass is 35.5. The number of nitrogens with zero attached hydrogens (tertiary/aromatic N) is 1. The van der Waals surface area contributed by atoms with Crippen LogP contribution in [0.3, 0.4) is 0 Å². The van der Waals surface area contributed by atoms with Crippen LogP contribution >= 0.6 is 11.6 Å². The molecule has 0 saturated carbocycles. The van der Waals surface area contributed by atoms with E-state index < -0.39 is 0 Å². The van der Waals surface area contributed by atoms with Gasteiger partial charge < -0.3 is 14.5 Å². The molecule has 2 aromatic rings. The van der Waals surface area contributed by atoms with E-state index in [0.717, 1.165) is 23.7 Å². The first-order valence-electron chi connectivity index (χ1n) is 5.73. The van der Waals surface area contributed by atoms with E-state index in [2.05, 4.69) is 10.3 Å². The fourth-order valence-corrected chi connectivity index (χ4v) is 1.96. The molecule has 5 heteroatoms. The van der Waals surface area contributed by atoms with E-state index in [1.165, 1.54) is 0 Å². The topological polar surface area (TPSA) is 47.3 Å². The molecular weight excluding hydrogens is 252 g/mol. The minimum Gasteiger partial charge on any atom is -0.495 e. The Hall–Kier alpha value is -1.52. The van der Waals surface area contributed by atoms with Gasteiger partial charge in [0, 0.05) is 6.20 Å². The lowest BCUT2D eigenvalue weighted by Crippen LogP contribution is -2.23. The van der Waals surface area contributed by atoms with E-state index >= 15 is 0 Å². The molecule has 0 aromatic carbocycles. The summed E-state index contributed by atoms with van der Waals surface area (Å²) in [5, 5.41) is 3.67. The van der Waals surface area contributed by atoms with Crippen LogP contribution in [-0.4, -0.2) is 18.6 Å². The van der Waals surface area contributed by atoms with Gasteiger partial charge in [-0.2, -0.15) is 0 Å². The van der Waals surface area contributed by atoms with Crippen molar-refractivity contribution >= 4 is 11.6 Å². The van der Waals surface area contributed by atoms with Crippen LogP contribution in [0.25, 0.3) is 0 Å². The van der Waals surface area contributed by atoms with Crippen molar-refractivity contribution in [2.75, 3.05) is 13.7 Å². The maximum Gasteiger partial charge on any atom is 0.193 e. The Morgan fingerprint density at radius 2 is 2.28 bits per heavy atom. The Morgan fingerprint density at radius 3 is 2.89 bits per heavy atom. The summed E-state index contributed by atoms with van der Waals surface area (Å²) >= 11 is 5.82. The largest absolute Gasteiger partial charge is 0.495 e. The highest BCUT2D eigenvalue weighted by molar-refractivity contribution is 6.28. The predicted octanol–water partition coefficient (Wildman–Crippen LogP) is 3.04. The van der Waals surface area contributed by atoms with Crippen molar-refractivity contribution in [3.63, 3.8) is 0 Å². The first kappa shape index (κ1) is 12.9. The normalized spacial score (nSPS) is 12.4. The molecule has 0 aliphatic carbocycles. The number of methoxy groups -OCH3 is 1. The van der Waals surface area contributed by atoms with Gasteiger partial charge in [0.15, 0.2) is 5.22 Å². The van der Waals surface area contributed by atoms with E-state index in [-0.39, 0.29) is 6.04 Å². The predicted molar refractivity (Wildman–Crippen MR) is 70.0 cm³/mol.